The van der Waals surface area contributed by atoms with E-state index in [4.69, 9.17) is 16.3 Å². The lowest BCUT2D eigenvalue weighted by molar-refractivity contribution is 0.287. The Labute approximate surface area is 126 Å². The van der Waals surface area contributed by atoms with Crippen molar-refractivity contribution in [3.05, 3.63) is 58.5 Å². The maximum absolute atomic E-state index is 13.7. The number of rotatable bonds is 4. The number of nitrogens with zero attached hydrogens (tertiary/aromatic N) is 2. The number of hydrogen-bond donors (Lipinski definition) is 1. The third-order valence-electron chi connectivity index (χ3n) is 3.12. The maximum Gasteiger partial charge on any atom is 0.224 e. The zero-order chi connectivity index (χ0) is 14.7. The number of ether oxygens (including phenoxy) is 1. The van der Waals surface area contributed by atoms with E-state index in [-0.39, 0.29) is 6.61 Å². The fourth-order valence-corrected chi connectivity index (χ4v) is 2.29. The highest BCUT2D eigenvalue weighted by atomic mass is 35.5. The van der Waals surface area contributed by atoms with E-state index in [9.17, 15) is 4.39 Å². The van der Waals surface area contributed by atoms with Crippen LogP contribution in [0.5, 0.6) is 5.88 Å². The molecule has 2 heterocycles. The van der Waals surface area contributed by atoms with Gasteiger partial charge in [-0.15, -0.1) is 0 Å². The number of nitrogens with one attached hydrogen (secondary N) is 1. The highest BCUT2D eigenvalue weighted by molar-refractivity contribution is 6.31. The van der Waals surface area contributed by atoms with Crippen LogP contribution in [-0.2, 0) is 6.61 Å². The second-order valence-corrected chi connectivity index (χ2v) is 4.91. The highest BCUT2D eigenvalue weighted by Gasteiger charge is 2.15. The Kier molecular flexibility index (Phi) is 4.01. The second kappa shape index (κ2) is 6.10. The van der Waals surface area contributed by atoms with Gasteiger partial charge in [-0.2, -0.15) is 0 Å². The molecule has 0 radical (unpaired) electrons. The molecule has 0 bridgehead atoms. The van der Waals surface area contributed by atoms with Crippen LogP contribution in [0.3, 0.4) is 0 Å². The summed E-state index contributed by atoms with van der Waals surface area (Å²) in [4.78, 5) is 8.53. The van der Waals surface area contributed by atoms with Crippen LogP contribution in [0.2, 0.25) is 5.02 Å². The fourth-order valence-electron chi connectivity index (χ4n) is 2.08. The summed E-state index contributed by atoms with van der Waals surface area (Å²) in [5, 5.41) is 3.50. The first-order chi connectivity index (χ1) is 10.3. The number of halogens is 2. The topological polar surface area (TPSA) is 46.5 Å². The smallest absolute Gasteiger partial charge is 0.224 e. The molecule has 0 spiro atoms. The van der Waals surface area contributed by atoms with E-state index in [1.54, 1.807) is 24.4 Å². The molecular formula is C15H13ClFN3O. The predicted molar refractivity (Wildman–Crippen MR) is 79.4 cm³/mol. The molecule has 21 heavy (non-hydrogen) atoms. The molecule has 0 atom stereocenters. The van der Waals surface area contributed by atoms with E-state index in [0.717, 1.165) is 24.5 Å². The van der Waals surface area contributed by atoms with Crippen molar-refractivity contribution in [2.75, 3.05) is 13.1 Å². The second-order valence-electron chi connectivity index (χ2n) is 4.50. The first-order valence-corrected chi connectivity index (χ1v) is 6.93. The molecule has 1 aliphatic rings. The minimum Gasteiger partial charge on any atom is -0.472 e. The molecule has 0 fully saturated rings. The SMILES string of the molecule is Fc1cccc(Cl)c1COc1ncccc1C1=NCCN1. The predicted octanol–water partition coefficient (Wildman–Crippen LogP) is 2.80. The fraction of sp³-hybridized carbons (Fsp3) is 0.200. The Morgan fingerprint density at radius 2 is 2.19 bits per heavy atom. The first kappa shape index (κ1) is 13.8. The lowest BCUT2D eigenvalue weighted by Gasteiger charge is -2.11. The van der Waals surface area contributed by atoms with Crippen LogP contribution in [0, 0.1) is 5.82 Å². The van der Waals surface area contributed by atoms with Crippen LogP contribution in [0.25, 0.3) is 0 Å². The quantitative estimate of drug-likeness (QED) is 0.945. The van der Waals surface area contributed by atoms with Crippen molar-refractivity contribution in [3.8, 4) is 5.88 Å². The number of amidine groups is 1. The molecule has 6 heteroatoms. The molecule has 2 aromatic rings. The summed E-state index contributed by atoms with van der Waals surface area (Å²) in [6.07, 6.45) is 1.62. The Morgan fingerprint density at radius 1 is 1.29 bits per heavy atom. The summed E-state index contributed by atoms with van der Waals surface area (Å²) in [5.41, 5.74) is 1.08. The van der Waals surface area contributed by atoms with Crippen LogP contribution < -0.4 is 10.1 Å². The van der Waals surface area contributed by atoms with E-state index < -0.39 is 5.82 Å². The van der Waals surface area contributed by atoms with Gasteiger partial charge in [0.1, 0.15) is 18.3 Å². The number of aliphatic imine (C=N–C) groups is 1. The van der Waals surface area contributed by atoms with Gasteiger partial charge in [0.25, 0.3) is 0 Å². The van der Waals surface area contributed by atoms with E-state index in [0.29, 0.717) is 16.5 Å². The lowest BCUT2D eigenvalue weighted by Crippen LogP contribution is -2.20. The summed E-state index contributed by atoms with van der Waals surface area (Å²) in [6, 6.07) is 8.21. The van der Waals surface area contributed by atoms with Crippen LogP contribution in [-0.4, -0.2) is 23.9 Å². The third kappa shape index (κ3) is 2.97. The van der Waals surface area contributed by atoms with Crippen LogP contribution >= 0.6 is 11.6 Å². The van der Waals surface area contributed by atoms with Gasteiger partial charge in [0.05, 0.1) is 17.1 Å². The largest absolute Gasteiger partial charge is 0.472 e. The Bertz CT molecular complexity index is 670. The van der Waals surface area contributed by atoms with Crippen LogP contribution in [0.1, 0.15) is 11.1 Å². The Morgan fingerprint density at radius 3 is 2.95 bits per heavy atom. The van der Waals surface area contributed by atoms with E-state index in [1.165, 1.54) is 6.07 Å². The van der Waals surface area contributed by atoms with Gasteiger partial charge in [0.2, 0.25) is 5.88 Å². The minimum atomic E-state index is -0.392. The molecule has 0 saturated heterocycles. The van der Waals surface area contributed by atoms with Crippen molar-refractivity contribution in [2.45, 2.75) is 6.61 Å². The molecule has 0 amide bonds. The van der Waals surface area contributed by atoms with Gasteiger partial charge in [-0.1, -0.05) is 17.7 Å². The molecule has 3 rings (SSSR count). The number of pyridine rings is 1. The van der Waals surface area contributed by atoms with Gasteiger partial charge in [-0.25, -0.2) is 9.37 Å². The Hall–Kier alpha value is -2.14. The maximum atomic E-state index is 13.7. The van der Waals surface area contributed by atoms with Gasteiger partial charge in [0, 0.05) is 18.3 Å². The van der Waals surface area contributed by atoms with Crippen molar-refractivity contribution in [1.82, 2.24) is 10.3 Å². The molecule has 1 aromatic carbocycles. The normalized spacial score (nSPS) is 13.7. The molecule has 0 unspecified atom stereocenters. The summed E-state index contributed by atoms with van der Waals surface area (Å²) in [6.45, 7) is 1.54. The zero-order valence-electron chi connectivity index (χ0n) is 11.1. The molecule has 108 valence electrons. The summed E-state index contributed by atoms with van der Waals surface area (Å²) >= 11 is 5.99. The van der Waals surface area contributed by atoms with Gasteiger partial charge < -0.3 is 10.1 Å². The van der Waals surface area contributed by atoms with Crippen molar-refractivity contribution in [2.24, 2.45) is 4.99 Å². The third-order valence-corrected chi connectivity index (χ3v) is 3.47. The number of hydrogen-bond acceptors (Lipinski definition) is 4. The molecule has 1 aromatic heterocycles. The Balaban J connectivity index is 1.83. The molecule has 0 saturated carbocycles. The molecule has 4 nitrogen and oxygen atoms in total. The lowest BCUT2D eigenvalue weighted by atomic mass is 10.2. The average molecular weight is 306 g/mol. The van der Waals surface area contributed by atoms with E-state index >= 15 is 0 Å². The van der Waals surface area contributed by atoms with E-state index in [2.05, 4.69) is 15.3 Å². The van der Waals surface area contributed by atoms with Crippen molar-refractivity contribution in [1.29, 1.82) is 0 Å². The van der Waals surface area contributed by atoms with Crippen molar-refractivity contribution in [3.63, 3.8) is 0 Å². The summed E-state index contributed by atoms with van der Waals surface area (Å²) < 4.78 is 19.4. The van der Waals surface area contributed by atoms with Crippen molar-refractivity contribution < 1.29 is 9.13 Å². The first-order valence-electron chi connectivity index (χ1n) is 6.55. The van der Waals surface area contributed by atoms with Gasteiger partial charge in [0.15, 0.2) is 0 Å². The monoisotopic (exact) mass is 305 g/mol. The molecule has 0 aliphatic carbocycles. The summed E-state index contributed by atoms with van der Waals surface area (Å²) in [5.74, 6) is 0.763. The molecular weight excluding hydrogens is 293 g/mol. The van der Waals surface area contributed by atoms with Gasteiger partial charge >= 0.3 is 0 Å². The van der Waals surface area contributed by atoms with Gasteiger partial charge in [-0.05, 0) is 24.3 Å². The minimum absolute atomic E-state index is 0.0167. The number of aromatic nitrogens is 1. The van der Waals surface area contributed by atoms with Gasteiger partial charge in [-0.3, -0.25) is 4.99 Å². The summed E-state index contributed by atoms with van der Waals surface area (Å²) in [7, 11) is 0. The van der Waals surface area contributed by atoms with Crippen LogP contribution in [0.4, 0.5) is 4.39 Å². The zero-order valence-corrected chi connectivity index (χ0v) is 11.9. The average Bonchev–Trinajstić information content (AvgIpc) is 3.01. The van der Waals surface area contributed by atoms with Crippen molar-refractivity contribution >= 4 is 17.4 Å². The van der Waals surface area contributed by atoms with Crippen LogP contribution in [0.15, 0.2) is 41.5 Å². The standard InChI is InChI=1S/C15H13ClFN3O/c16-12-4-1-5-13(17)11(12)9-21-15-10(3-2-6-20-15)14-18-7-8-19-14/h1-6H,7-9H2,(H,18,19). The molecule has 1 N–H and O–H groups in total. The van der Waals surface area contributed by atoms with E-state index in [1.807, 2.05) is 6.07 Å². The molecule has 1 aliphatic heterocycles. The highest BCUT2D eigenvalue weighted by Crippen LogP contribution is 2.22. The number of benzene rings is 1.